The van der Waals surface area contributed by atoms with Crippen molar-refractivity contribution in [2.45, 2.75) is 12.8 Å². The number of hydrogen-bond donors (Lipinski definition) is 1. The molecule has 0 bridgehead atoms. The molecule has 0 aliphatic carbocycles. The van der Waals surface area contributed by atoms with Gasteiger partial charge in [-0.1, -0.05) is 0 Å². The first-order chi connectivity index (χ1) is 7.68. The molecule has 2 rings (SSSR count). The molecular formula is C11H14ClN3O2. The standard InChI is InChI=1S/C11H13N3O2.ClH/c12-10(15)9-3-7-14(8-4-9)11(16)13-5-1-2-6-13;/h3-4,7-8H,1-2,5-6H2,(H-,12,15);1H. The van der Waals surface area contributed by atoms with Gasteiger partial charge in [-0.25, -0.2) is 4.90 Å². The molecule has 92 valence electrons. The van der Waals surface area contributed by atoms with Crippen LogP contribution in [0.2, 0.25) is 0 Å². The molecule has 2 N–H and O–H groups in total. The number of aromatic nitrogens is 1. The van der Waals surface area contributed by atoms with Crippen molar-refractivity contribution >= 4 is 11.9 Å². The quantitative estimate of drug-likeness (QED) is 0.549. The summed E-state index contributed by atoms with van der Waals surface area (Å²) in [4.78, 5) is 24.6. The maximum absolute atomic E-state index is 11.9. The summed E-state index contributed by atoms with van der Waals surface area (Å²) in [6, 6.07) is 3.06. The monoisotopic (exact) mass is 255 g/mol. The molecule has 6 heteroatoms. The van der Waals surface area contributed by atoms with Gasteiger partial charge in [-0.05, 0) is 25.0 Å². The highest BCUT2D eigenvalue weighted by molar-refractivity contribution is 5.92. The molecule has 0 spiro atoms. The topological polar surface area (TPSA) is 67.3 Å². The van der Waals surface area contributed by atoms with Crippen molar-refractivity contribution in [3.8, 4) is 0 Å². The highest BCUT2D eigenvalue weighted by Gasteiger charge is 2.27. The van der Waals surface area contributed by atoms with Crippen LogP contribution >= 0.6 is 0 Å². The zero-order chi connectivity index (χ0) is 11.5. The molecule has 0 radical (unpaired) electrons. The maximum Gasteiger partial charge on any atom is 0.497 e. The number of likely N-dealkylation sites (tertiary alicyclic amines) is 1. The summed E-state index contributed by atoms with van der Waals surface area (Å²) in [5, 5.41) is 0. The van der Waals surface area contributed by atoms with Gasteiger partial charge in [0.15, 0.2) is 0 Å². The molecular weight excluding hydrogens is 242 g/mol. The Morgan fingerprint density at radius 3 is 2.18 bits per heavy atom. The van der Waals surface area contributed by atoms with Crippen LogP contribution in [0.1, 0.15) is 23.2 Å². The lowest BCUT2D eigenvalue weighted by Crippen LogP contribution is -3.00. The molecule has 17 heavy (non-hydrogen) atoms. The predicted molar refractivity (Wildman–Crippen MR) is 56.8 cm³/mol. The molecule has 0 saturated carbocycles. The highest BCUT2D eigenvalue weighted by atomic mass is 35.5. The van der Waals surface area contributed by atoms with Gasteiger partial charge in [-0.15, -0.1) is 0 Å². The summed E-state index contributed by atoms with van der Waals surface area (Å²) in [6.07, 6.45) is 5.26. The molecule has 2 amide bonds. The van der Waals surface area contributed by atoms with E-state index in [9.17, 15) is 9.59 Å². The second kappa shape index (κ2) is 5.63. The number of primary amides is 1. The van der Waals surface area contributed by atoms with E-state index in [1.807, 2.05) is 0 Å². The zero-order valence-corrected chi connectivity index (χ0v) is 10.1. The van der Waals surface area contributed by atoms with E-state index in [0.29, 0.717) is 5.56 Å². The van der Waals surface area contributed by atoms with Crippen LogP contribution in [0.4, 0.5) is 4.79 Å². The molecule has 0 unspecified atom stereocenters. The highest BCUT2D eigenvalue weighted by Crippen LogP contribution is 2.06. The predicted octanol–water partition coefficient (Wildman–Crippen LogP) is -2.86. The minimum Gasteiger partial charge on any atom is -1.00 e. The van der Waals surface area contributed by atoms with Gasteiger partial charge in [0.2, 0.25) is 5.91 Å². The molecule has 0 aromatic carbocycles. The van der Waals surface area contributed by atoms with E-state index in [2.05, 4.69) is 0 Å². The third-order valence-corrected chi connectivity index (χ3v) is 2.71. The van der Waals surface area contributed by atoms with Gasteiger partial charge in [0, 0.05) is 5.56 Å². The van der Waals surface area contributed by atoms with E-state index in [1.165, 1.54) is 4.57 Å². The Morgan fingerprint density at radius 2 is 1.71 bits per heavy atom. The maximum atomic E-state index is 11.9. The van der Waals surface area contributed by atoms with E-state index >= 15 is 0 Å². The van der Waals surface area contributed by atoms with Crippen LogP contribution in [-0.2, 0) is 0 Å². The Labute approximate surface area is 106 Å². The van der Waals surface area contributed by atoms with E-state index in [4.69, 9.17) is 5.73 Å². The van der Waals surface area contributed by atoms with Crippen molar-refractivity contribution in [1.29, 1.82) is 0 Å². The summed E-state index contributed by atoms with van der Waals surface area (Å²) >= 11 is 0. The molecule has 1 aromatic heterocycles. The van der Waals surface area contributed by atoms with E-state index in [-0.39, 0.29) is 18.4 Å². The van der Waals surface area contributed by atoms with E-state index in [1.54, 1.807) is 29.4 Å². The molecule has 1 fully saturated rings. The van der Waals surface area contributed by atoms with Crippen molar-refractivity contribution < 1.29 is 26.6 Å². The number of carbonyl (C=O) groups excluding carboxylic acids is 2. The van der Waals surface area contributed by atoms with Crippen LogP contribution in [0.15, 0.2) is 24.5 Å². The van der Waals surface area contributed by atoms with Crippen molar-refractivity contribution in [1.82, 2.24) is 4.90 Å². The molecule has 2 heterocycles. The average Bonchev–Trinajstić information content (AvgIpc) is 2.81. The Bertz CT molecular complexity index is 413. The minimum absolute atomic E-state index is 0. The number of nitrogens with two attached hydrogens (primary N) is 1. The van der Waals surface area contributed by atoms with Crippen LogP contribution < -0.4 is 22.7 Å². The normalized spacial score (nSPS) is 14.2. The van der Waals surface area contributed by atoms with Gasteiger partial charge in [0.1, 0.15) is 12.4 Å². The van der Waals surface area contributed by atoms with Crippen LogP contribution in [-0.4, -0.2) is 29.9 Å². The molecule has 0 atom stereocenters. The van der Waals surface area contributed by atoms with Crippen molar-refractivity contribution in [3.05, 3.63) is 30.1 Å². The number of amides is 2. The summed E-state index contributed by atoms with van der Waals surface area (Å²) < 4.78 is 1.47. The van der Waals surface area contributed by atoms with Gasteiger partial charge < -0.3 is 18.1 Å². The summed E-state index contributed by atoms with van der Waals surface area (Å²) in [5.74, 6) is -0.485. The molecule has 1 aliphatic rings. The van der Waals surface area contributed by atoms with Crippen molar-refractivity contribution in [2.24, 2.45) is 5.73 Å². The van der Waals surface area contributed by atoms with Gasteiger partial charge in [0.25, 0.3) is 0 Å². The SMILES string of the molecule is NC(=O)c1cc[n+](C(=O)N2CCCC2)cc1.[Cl-]. The van der Waals surface area contributed by atoms with E-state index in [0.717, 1.165) is 25.9 Å². The van der Waals surface area contributed by atoms with Gasteiger partial charge >= 0.3 is 6.03 Å². The van der Waals surface area contributed by atoms with Crippen LogP contribution in [0, 0.1) is 0 Å². The van der Waals surface area contributed by atoms with Crippen LogP contribution in [0.3, 0.4) is 0 Å². The van der Waals surface area contributed by atoms with Gasteiger partial charge in [0.05, 0.1) is 13.1 Å². The Morgan fingerprint density at radius 1 is 1.18 bits per heavy atom. The fourth-order valence-electron chi connectivity index (χ4n) is 1.79. The average molecular weight is 256 g/mol. The fraction of sp³-hybridized carbons (Fsp3) is 0.364. The Hall–Kier alpha value is -1.62. The first-order valence-electron chi connectivity index (χ1n) is 5.29. The van der Waals surface area contributed by atoms with Crippen molar-refractivity contribution in [3.63, 3.8) is 0 Å². The van der Waals surface area contributed by atoms with Crippen LogP contribution in [0.5, 0.6) is 0 Å². The number of nitrogens with zero attached hydrogens (tertiary/aromatic N) is 2. The van der Waals surface area contributed by atoms with Crippen LogP contribution in [0.25, 0.3) is 0 Å². The number of carbonyl (C=O) groups is 2. The summed E-state index contributed by atoms with van der Waals surface area (Å²) in [6.45, 7) is 1.62. The molecule has 5 nitrogen and oxygen atoms in total. The van der Waals surface area contributed by atoms with Crippen molar-refractivity contribution in [2.75, 3.05) is 13.1 Å². The number of hydrogen-bond acceptors (Lipinski definition) is 2. The second-order valence-corrected chi connectivity index (χ2v) is 3.84. The lowest BCUT2D eigenvalue weighted by atomic mass is 10.2. The first-order valence-corrected chi connectivity index (χ1v) is 5.29. The number of halogens is 1. The number of rotatable bonds is 1. The third-order valence-electron chi connectivity index (χ3n) is 2.71. The lowest BCUT2D eigenvalue weighted by Gasteiger charge is -2.06. The molecule has 1 aliphatic heterocycles. The largest absolute Gasteiger partial charge is 1.00 e. The lowest BCUT2D eigenvalue weighted by molar-refractivity contribution is -0.578. The third kappa shape index (κ3) is 2.94. The van der Waals surface area contributed by atoms with Gasteiger partial charge in [-0.3, -0.25) is 4.79 Å². The smallest absolute Gasteiger partial charge is 0.497 e. The molecule has 1 aromatic rings. The minimum atomic E-state index is -0.485. The molecule has 1 saturated heterocycles. The second-order valence-electron chi connectivity index (χ2n) is 3.84. The first kappa shape index (κ1) is 13.4. The summed E-state index contributed by atoms with van der Waals surface area (Å²) in [5.41, 5.74) is 5.53. The zero-order valence-electron chi connectivity index (χ0n) is 9.30. The summed E-state index contributed by atoms with van der Waals surface area (Å²) in [7, 11) is 0. The Kier molecular flexibility index (Phi) is 4.45. The fourth-order valence-corrected chi connectivity index (χ4v) is 1.79. The number of pyridine rings is 1. The van der Waals surface area contributed by atoms with E-state index < -0.39 is 5.91 Å². The Balaban J connectivity index is 0.00000144. The van der Waals surface area contributed by atoms with Gasteiger partial charge in [-0.2, -0.15) is 9.36 Å².